The fourth-order valence-electron chi connectivity index (χ4n) is 1.33. The van der Waals surface area contributed by atoms with Gasteiger partial charge in [0, 0.05) is 12.5 Å². The van der Waals surface area contributed by atoms with Gasteiger partial charge in [-0.05, 0) is 12.1 Å². The van der Waals surface area contributed by atoms with Crippen molar-refractivity contribution < 1.29 is 22.0 Å². The lowest BCUT2D eigenvalue weighted by Crippen LogP contribution is -2.13. The van der Waals surface area contributed by atoms with Crippen LogP contribution in [-0.2, 0) is 14.8 Å². The molecule has 0 spiro atoms. The molecule has 1 heterocycles. The summed E-state index contributed by atoms with van der Waals surface area (Å²) in [5.41, 5.74) is -0.159. The van der Waals surface area contributed by atoms with Crippen molar-refractivity contribution in [2.24, 2.45) is 0 Å². The largest absolute Gasteiger partial charge is 0.301 e. The summed E-state index contributed by atoms with van der Waals surface area (Å²) < 4.78 is 51.6. The molecule has 0 aliphatic rings. The number of nitrogens with one attached hydrogen (secondary N) is 2. The number of carbonyl (C=O) groups excluding carboxylic acids is 1. The predicted octanol–water partition coefficient (Wildman–Crippen LogP) is 1.97. The van der Waals surface area contributed by atoms with E-state index in [1.165, 1.54) is 0 Å². The van der Waals surface area contributed by atoms with E-state index < -0.39 is 26.0 Å². The zero-order valence-corrected chi connectivity index (χ0v) is 12.8. The van der Waals surface area contributed by atoms with Gasteiger partial charge in [0.2, 0.25) is 11.0 Å². The summed E-state index contributed by atoms with van der Waals surface area (Å²) in [5.74, 6) is -2.62. The standard InChI is InChI=1S/C11H10F2N4O3S2/c1-2-9(18)14-10-15-16-11(21-10)22(19,20)17-6-3-4-7(12)8(13)5-6/h3-5,17H,2H2,1H3,(H,14,15,18). The van der Waals surface area contributed by atoms with Crippen molar-refractivity contribution in [2.75, 3.05) is 10.0 Å². The van der Waals surface area contributed by atoms with Gasteiger partial charge in [-0.1, -0.05) is 18.3 Å². The van der Waals surface area contributed by atoms with Gasteiger partial charge >= 0.3 is 0 Å². The zero-order chi connectivity index (χ0) is 16.3. The summed E-state index contributed by atoms with van der Waals surface area (Å²) >= 11 is 0.638. The molecule has 0 atom stereocenters. The number of sulfonamides is 1. The third kappa shape index (κ3) is 3.74. The highest BCUT2D eigenvalue weighted by molar-refractivity contribution is 7.94. The quantitative estimate of drug-likeness (QED) is 0.805. The molecular formula is C11H10F2N4O3S2. The topological polar surface area (TPSA) is 101 Å². The summed E-state index contributed by atoms with van der Waals surface area (Å²) in [5, 5.41) is 9.37. The van der Waals surface area contributed by atoms with Gasteiger partial charge in [0.05, 0.1) is 5.69 Å². The van der Waals surface area contributed by atoms with Gasteiger partial charge in [-0.25, -0.2) is 8.78 Å². The Kier molecular flexibility index (Phi) is 4.66. The van der Waals surface area contributed by atoms with Crippen molar-refractivity contribution in [3.63, 3.8) is 0 Å². The fourth-order valence-corrected chi connectivity index (χ4v) is 3.30. The molecule has 1 amide bonds. The van der Waals surface area contributed by atoms with Crippen molar-refractivity contribution >= 4 is 38.1 Å². The average Bonchev–Trinajstić information content (AvgIpc) is 2.92. The Balaban J connectivity index is 2.19. The molecule has 2 rings (SSSR count). The second-order valence-electron chi connectivity index (χ2n) is 4.01. The second-order valence-corrected chi connectivity index (χ2v) is 6.84. The van der Waals surface area contributed by atoms with Gasteiger partial charge in [0.1, 0.15) is 0 Å². The lowest BCUT2D eigenvalue weighted by Gasteiger charge is -2.05. The molecule has 118 valence electrons. The highest BCUT2D eigenvalue weighted by Gasteiger charge is 2.21. The number of hydrogen-bond donors (Lipinski definition) is 2. The smallest absolute Gasteiger partial charge is 0.291 e. The molecule has 0 fully saturated rings. The number of nitrogens with zero attached hydrogens (tertiary/aromatic N) is 2. The zero-order valence-electron chi connectivity index (χ0n) is 11.1. The van der Waals surface area contributed by atoms with Crippen LogP contribution < -0.4 is 10.0 Å². The molecule has 7 nitrogen and oxygen atoms in total. The van der Waals surface area contributed by atoms with E-state index in [2.05, 4.69) is 15.5 Å². The van der Waals surface area contributed by atoms with Crippen molar-refractivity contribution in [3.05, 3.63) is 29.8 Å². The van der Waals surface area contributed by atoms with E-state index in [0.717, 1.165) is 12.1 Å². The minimum Gasteiger partial charge on any atom is -0.301 e. The van der Waals surface area contributed by atoms with E-state index in [4.69, 9.17) is 0 Å². The van der Waals surface area contributed by atoms with Crippen LogP contribution in [0.3, 0.4) is 0 Å². The molecule has 1 aromatic heterocycles. The van der Waals surface area contributed by atoms with Crippen LogP contribution in [0, 0.1) is 11.6 Å². The average molecular weight is 348 g/mol. The van der Waals surface area contributed by atoms with Crippen LogP contribution in [0.4, 0.5) is 19.6 Å². The number of hydrogen-bond acceptors (Lipinski definition) is 6. The molecule has 1 aromatic carbocycles. The third-order valence-corrected chi connectivity index (χ3v) is 4.96. The lowest BCUT2D eigenvalue weighted by molar-refractivity contribution is -0.115. The predicted molar refractivity (Wildman–Crippen MR) is 76.0 cm³/mol. The van der Waals surface area contributed by atoms with Crippen LogP contribution in [-0.4, -0.2) is 24.5 Å². The minimum absolute atomic E-state index is 0.0255. The molecule has 0 aliphatic carbocycles. The number of benzene rings is 1. The van der Waals surface area contributed by atoms with E-state index in [-0.39, 0.29) is 23.1 Å². The Labute approximate surface area is 128 Å². The Hall–Kier alpha value is -2.14. The molecule has 0 radical (unpaired) electrons. The van der Waals surface area contributed by atoms with Crippen LogP contribution in [0.1, 0.15) is 13.3 Å². The highest BCUT2D eigenvalue weighted by Crippen LogP contribution is 2.23. The third-order valence-electron chi connectivity index (χ3n) is 2.38. The SMILES string of the molecule is CCC(=O)Nc1nnc(S(=O)(=O)Nc2ccc(F)c(F)c2)s1. The van der Waals surface area contributed by atoms with Crippen LogP contribution >= 0.6 is 11.3 Å². The summed E-state index contributed by atoms with van der Waals surface area (Å²) in [6.45, 7) is 1.62. The molecule has 0 saturated carbocycles. The van der Waals surface area contributed by atoms with Gasteiger partial charge < -0.3 is 5.32 Å². The van der Waals surface area contributed by atoms with Crippen molar-refractivity contribution in [3.8, 4) is 0 Å². The number of anilines is 2. The normalized spacial score (nSPS) is 11.2. The van der Waals surface area contributed by atoms with Crippen LogP contribution in [0.5, 0.6) is 0 Å². The molecule has 0 saturated heterocycles. The van der Waals surface area contributed by atoms with Crippen molar-refractivity contribution in [1.82, 2.24) is 10.2 Å². The van der Waals surface area contributed by atoms with E-state index in [1.54, 1.807) is 6.92 Å². The Morgan fingerprint density at radius 3 is 2.64 bits per heavy atom. The van der Waals surface area contributed by atoms with Gasteiger partial charge in [-0.3, -0.25) is 9.52 Å². The maximum atomic E-state index is 13.1. The molecule has 2 N–H and O–H groups in total. The highest BCUT2D eigenvalue weighted by atomic mass is 32.2. The molecule has 22 heavy (non-hydrogen) atoms. The Morgan fingerprint density at radius 1 is 1.27 bits per heavy atom. The second kappa shape index (κ2) is 6.32. The lowest BCUT2D eigenvalue weighted by atomic mass is 10.3. The first-order valence-corrected chi connectivity index (χ1v) is 8.23. The van der Waals surface area contributed by atoms with Crippen molar-refractivity contribution in [2.45, 2.75) is 17.7 Å². The molecular weight excluding hydrogens is 338 g/mol. The molecule has 0 unspecified atom stereocenters. The van der Waals surface area contributed by atoms with Gasteiger partial charge in [0.25, 0.3) is 14.4 Å². The summed E-state index contributed by atoms with van der Waals surface area (Å²) in [6, 6.07) is 2.56. The van der Waals surface area contributed by atoms with Gasteiger partial charge in [0.15, 0.2) is 11.6 Å². The number of rotatable bonds is 5. The Bertz CT molecular complexity index is 807. The van der Waals surface area contributed by atoms with Crippen LogP contribution in [0.15, 0.2) is 22.5 Å². The van der Waals surface area contributed by atoms with E-state index in [0.29, 0.717) is 17.4 Å². The molecule has 0 aliphatic heterocycles. The monoisotopic (exact) mass is 348 g/mol. The van der Waals surface area contributed by atoms with Crippen molar-refractivity contribution in [1.29, 1.82) is 0 Å². The number of amides is 1. The van der Waals surface area contributed by atoms with E-state index in [9.17, 15) is 22.0 Å². The minimum atomic E-state index is -4.11. The maximum Gasteiger partial charge on any atom is 0.291 e. The number of carbonyl (C=O) groups is 1. The maximum absolute atomic E-state index is 13.1. The molecule has 11 heteroatoms. The number of halogens is 2. The van der Waals surface area contributed by atoms with Gasteiger partial charge in [-0.15, -0.1) is 10.2 Å². The first-order valence-electron chi connectivity index (χ1n) is 5.93. The first-order chi connectivity index (χ1) is 10.3. The van der Waals surface area contributed by atoms with E-state index >= 15 is 0 Å². The first kappa shape index (κ1) is 16.2. The van der Waals surface area contributed by atoms with E-state index in [1.807, 2.05) is 4.72 Å². The van der Waals surface area contributed by atoms with Crippen LogP contribution in [0.25, 0.3) is 0 Å². The van der Waals surface area contributed by atoms with Crippen LogP contribution in [0.2, 0.25) is 0 Å². The Morgan fingerprint density at radius 2 is 2.00 bits per heavy atom. The molecule has 0 bridgehead atoms. The summed E-state index contributed by atoms with van der Waals surface area (Å²) in [7, 11) is -4.11. The van der Waals surface area contributed by atoms with Gasteiger partial charge in [-0.2, -0.15) is 8.42 Å². The fraction of sp³-hybridized carbons (Fsp3) is 0.182. The molecule has 2 aromatic rings. The number of aromatic nitrogens is 2. The summed E-state index contributed by atoms with van der Waals surface area (Å²) in [6.07, 6.45) is 0.203. The summed E-state index contributed by atoms with van der Waals surface area (Å²) in [4.78, 5) is 11.2.